The van der Waals surface area contributed by atoms with Gasteiger partial charge in [-0.25, -0.2) is 0 Å². The van der Waals surface area contributed by atoms with E-state index in [1.165, 1.54) is 46.3 Å². The minimum absolute atomic E-state index is 0.0735. The zero-order valence-electron chi connectivity index (χ0n) is 11.7. The molecule has 0 aromatic carbocycles. The molecule has 0 aliphatic rings. The topological polar surface area (TPSA) is 47.6 Å². The van der Waals surface area contributed by atoms with Gasteiger partial charge in [0.2, 0.25) is 5.91 Å². The van der Waals surface area contributed by atoms with E-state index in [0.29, 0.717) is 6.42 Å². The molecule has 108 valence electrons. The first-order valence-corrected chi connectivity index (χ1v) is 9.24. The van der Waals surface area contributed by atoms with Crippen molar-refractivity contribution in [2.24, 2.45) is 0 Å². The predicted molar refractivity (Wildman–Crippen MR) is 79.1 cm³/mol. The van der Waals surface area contributed by atoms with Gasteiger partial charge in [-0.15, -0.1) is 0 Å². The minimum Gasteiger partial charge on any atom is -0.317 e. The molecule has 0 unspecified atom stereocenters. The molecule has 0 fully saturated rings. The second-order valence-electron chi connectivity index (χ2n) is 4.27. The normalized spacial score (nSPS) is 11.5. The van der Waals surface area contributed by atoms with Gasteiger partial charge in [-0.1, -0.05) is 45.4 Å². The fraction of sp³-hybridized carbons (Fsp3) is 0.917. The summed E-state index contributed by atoms with van der Waals surface area (Å²) < 4.78 is 10.0. The van der Waals surface area contributed by atoms with Gasteiger partial charge in [-0.3, -0.25) is 9.88 Å². The van der Waals surface area contributed by atoms with E-state index in [2.05, 4.69) is 12.0 Å². The molecule has 0 atom stereocenters. The monoisotopic (exact) mass is 295 g/mol. The highest BCUT2D eigenvalue weighted by Gasteiger charge is 2.17. The van der Waals surface area contributed by atoms with Crippen molar-refractivity contribution in [3.05, 3.63) is 0 Å². The molecule has 18 heavy (non-hydrogen) atoms. The van der Waals surface area contributed by atoms with Gasteiger partial charge in [0.05, 0.1) is 0 Å². The predicted octanol–water partition coefficient (Wildman–Crippen LogP) is 3.76. The Balaban J connectivity index is 3.57. The number of nitrogens with one attached hydrogen (secondary N) is 1. The molecule has 0 heterocycles. The molecule has 0 aliphatic carbocycles. The van der Waals surface area contributed by atoms with Crippen LogP contribution in [0.5, 0.6) is 0 Å². The Labute approximate surface area is 116 Å². The van der Waals surface area contributed by atoms with E-state index in [9.17, 15) is 4.79 Å². The second kappa shape index (κ2) is 10.9. The van der Waals surface area contributed by atoms with E-state index in [-0.39, 0.29) is 5.91 Å². The molecule has 0 spiro atoms. The quantitative estimate of drug-likeness (QED) is 0.466. The highest BCUT2D eigenvalue weighted by atomic mass is 32.5. The third-order valence-electron chi connectivity index (χ3n) is 2.75. The zero-order valence-corrected chi connectivity index (χ0v) is 13.4. The van der Waals surface area contributed by atoms with Gasteiger partial charge >= 0.3 is 0 Å². The van der Waals surface area contributed by atoms with Gasteiger partial charge in [0.25, 0.3) is 6.64 Å². The maximum Gasteiger partial charge on any atom is 0.289 e. The average molecular weight is 295 g/mol. The number of unbranched alkanes of at least 4 members (excludes halogenated alkanes) is 6. The van der Waals surface area contributed by atoms with Crippen molar-refractivity contribution in [1.29, 1.82) is 0 Å². The Morgan fingerprint density at radius 2 is 1.56 bits per heavy atom. The molecule has 0 radical (unpaired) electrons. The molecule has 0 saturated heterocycles. The molecule has 0 aromatic rings. The maximum absolute atomic E-state index is 11.6. The minimum atomic E-state index is -2.57. The smallest absolute Gasteiger partial charge is 0.289 e. The Hall–Kier alpha value is 0.0400. The molecule has 4 nitrogen and oxygen atoms in total. The lowest BCUT2D eigenvalue weighted by atomic mass is 10.1. The Kier molecular flexibility index (Phi) is 10.9. The molecular formula is C12H26NO3PS. The SMILES string of the molecule is CCCCCCCCCC(=O)NP(=S)(OC)OC. The lowest BCUT2D eigenvalue weighted by Crippen LogP contribution is -2.21. The molecular weight excluding hydrogens is 269 g/mol. The van der Waals surface area contributed by atoms with Crippen molar-refractivity contribution in [2.45, 2.75) is 58.3 Å². The molecule has 0 rings (SSSR count). The Morgan fingerprint density at radius 3 is 2.06 bits per heavy atom. The number of rotatable bonds is 11. The van der Waals surface area contributed by atoms with Gasteiger partial charge in [0.1, 0.15) is 0 Å². The fourth-order valence-electron chi connectivity index (χ4n) is 1.62. The summed E-state index contributed by atoms with van der Waals surface area (Å²) in [6, 6.07) is 0. The van der Waals surface area contributed by atoms with E-state index in [1.54, 1.807) is 0 Å². The van der Waals surface area contributed by atoms with Crippen molar-refractivity contribution >= 4 is 24.4 Å². The summed E-state index contributed by atoms with van der Waals surface area (Å²) in [5, 5.41) is 2.65. The highest BCUT2D eigenvalue weighted by Crippen LogP contribution is 2.41. The van der Waals surface area contributed by atoms with E-state index in [1.807, 2.05) is 0 Å². The first-order valence-electron chi connectivity index (χ1n) is 6.60. The summed E-state index contributed by atoms with van der Waals surface area (Å²) in [6.07, 6.45) is 8.85. The lowest BCUT2D eigenvalue weighted by molar-refractivity contribution is -0.119. The van der Waals surface area contributed by atoms with Crippen molar-refractivity contribution < 1.29 is 13.8 Å². The third-order valence-corrected chi connectivity index (χ3v) is 5.40. The standard InChI is InChI=1S/C12H26NO3PS/c1-4-5-6-7-8-9-10-11-12(14)13-17(18,15-2)16-3/h4-11H2,1-3H3,(H,13,14,18). The van der Waals surface area contributed by atoms with Crippen LogP contribution in [-0.4, -0.2) is 20.1 Å². The summed E-state index contributed by atoms with van der Waals surface area (Å²) >= 11 is 5.06. The molecule has 0 aromatic heterocycles. The van der Waals surface area contributed by atoms with Crippen LogP contribution in [0.2, 0.25) is 0 Å². The number of carbonyl (C=O) groups excluding carboxylic acids is 1. The number of amides is 1. The maximum atomic E-state index is 11.6. The van der Waals surface area contributed by atoms with Crippen LogP contribution in [0.15, 0.2) is 0 Å². The van der Waals surface area contributed by atoms with Gasteiger partial charge in [0.15, 0.2) is 0 Å². The van der Waals surface area contributed by atoms with Crippen LogP contribution in [0.4, 0.5) is 0 Å². The lowest BCUT2D eigenvalue weighted by Gasteiger charge is -2.18. The van der Waals surface area contributed by atoms with Crippen LogP contribution < -0.4 is 5.09 Å². The fourth-order valence-corrected chi connectivity index (χ4v) is 2.67. The van der Waals surface area contributed by atoms with Gasteiger partial charge in [0, 0.05) is 20.6 Å². The van der Waals surface area contributed by atoms with Crippen molar-refractivity contribution in [1.82, 2.24) is 5.09 Å². The van der Waals surface area contributed by atoms with Gasteiger partial charge < -0.3 is 9.05 Å². The Bertz CT molecular complexity index is 266. The van der Waals surface area contributed by atoms with Gasteiger partial charge in [-0.2, -0.15) is 0 Å². The highest BCUT2D eigenvalue weighted by molar-refractivity contribution is 8.09. The van der Waals surface area contributed by atoms with Crippen molar-refractivity contribution in [3.63, 3.8) is 0 Å². The molecule has 0 saturated carbocycles. The first-order chi connectivity index (χ1) is 8.58. The number of carbonyl (C=O) groups is 1. The summed E-state index contributed by atoms with van der Waals surface area (Å²) in [7, 11) is 2.91. The second-order valence-corrected chi connectivity index (χ2v) is 7.66. The first kappa shape index (κ1) is 18.0. The van der Waals surface area contributed by atoms with Crippen LogP contribution >= 0.6 is 6.64 Å². The zero-order chi connectivity index (χ0) is 13.9. The van der Waals surface area contributed by atoms with Crippen LogP contribution in [0.25, 0.3) is 0 Å². The summed E-state index contributed by atoms with van der Waals surface area (Å²) in [5.74, 6) is -0.0735. The molecule has 6 heteroatoms. The summed E-state index contributed by atoms with van der Waals surface area (Å²) in [6.45, 7) is -0.365. The van der Waals surface area contributed by atoms with Gasteiger partial charge in [-0.05, 0) is 18.2 Å². The summed E-state index contributed by atoms with van der Waals surface area (Å²) in [4.78, 5) is 11.6. The molecule has 1 N–H and O–H groups in total. The molecule has 0 bridgehead atoms. The molecule has 1 amide bonds. The van der Waals surface area contributed by atoms with E-state index in [4.69, 9.17) is 20.9 Å². The number of hydrogen-bond acceptors (Lipinski definition) is 4. The van der Waals surface area contributed by atoms with Crippen LogP contribution in [-0.2, 0) is 25.6 Å². The van der Waals surface area contributed by atoms with E-state index < -0.39 is 6.64 Å². The van der Waals surface area contributed by atoms with Crippen LogP contribution in [0.1, 0.15) is 58.3 Å². The van der Waals surface area contributed by atoms with Crippen molar-refractivity contribution in [3.8, 4) is 0 Å². The summed E-state index contributed by atoms with van der Waals surface area (Å²) in [5.41, 5.74) is 0. The average Bonchev–Trinajstić information content (AvgIpc) is 2.37. The largest absolute Gasteiger partial charge is 0.317 e. The van der Waals surface area contributed by atoms with Crippen molar-refractivity contribution in [2.75, 3.05) is 14.2 Å². The van der Waals surface area contributed by atoms with E-state index in [0.717, 1.165) is 12.8 Å². The van der Waals surface area contributed by atoms with E-state index >= 15 is 0 Å². The van der Waals surface area contributed by atoms with Crippen LogP contribution in [0, 0.1) is 0 Å². The Morgan fingerprint density at radius 1 is 1.06 bits per heavy atom. The number of hydrogen-bond donors (Lipinski definition) is 1. The van der Waals surface area contributed by atoms with Crippen LogP contribution in [0.3, 0.4) is 0 Å². The third kappa shape index (κ3) is 9.03. The molecule has 0 aliphatic heterocycles.